The van der Waals surface area contributed by atoms with E-state index in [1.165, 1.54) is 11.3 Å². The van der Waals surface area contributed by atoms with E-state index in [-0.39, 0.29) is 30.1 Å². The molecule has 0 aromatic carbocycles. The molecule has 124 valence electrons. The molecule has 0 radical (unpaired) electrons. The highest BCUT2D eigenvalue weighted by Crippen LogP contribution is 2.18. The van der Waals surface area contributed by atoms with Crippen molar-refractivity contribution in [1.82, 2.24) is 10.3 Å². The van der Waals surface area contributed by atoms with Crippen molar-refractivity contribution in [2.24, 2.45) is 17.6 Å². The van der Waals surface area contributed by atoms with E-state index in [4.69, 9.17) is 5.73 Å². The Balaban J connectivity index is 2.63. The topological polar surface area (TPSA) is 97.1 Å². The van der Waals surface area contributed by atoms with E-state index in [2.05, 4.69) is 15.6 Å². The lowest BCUT2D eigenvalue weighted by Gasteiger charge is -2.33. The molecule has 22 heavy (non-hydrogen) atoms. The summed E-state index contributed by atoms with van der Waals surface area (Å²) in [6.45, 7) is 9.99. The summed E-state index contributed by atoms with van der Waals surface area (Å²) in [6, 6.07) is 0. The highest BCUT2D eigenvalue weighted by atomic mass is 32.1. The summed E-state index contributed by atoms with van der Waals surface area (Å²) in [5.41, 5.74) is 5.98. The van der Waals surface area contributed by atoms with Gasteiger partial charge in [0.2, 0.25) is 11.8 Å². The second kappa shape index (κ2) is 7.69. The predicted molar refractivity (Wildman–Crippen MR) is 89.7 cm³/mol. The van der Waals surface area contributed by atoms with E-state index in [1.54, 1.807) is 5.38 Å². The second-order valence-corrected chi connectivity index (χ2v) is 7.15. The smallest absolute Gasteiger partial charge is 0.228 e. The van der Waals surface area contributed by atoms with Gasteiger partial charge in [-0.05, 0) is 12.8 Å². The minimum absolute atomic E-state index is 0.0825. The van der Waals surface area contributed by atoms with Gasteiger partial charge in [0.15, 0.2) is 5.13 Å². The van der Waals surface area contributed by atoms with Crippen molar-refractivity contribution in [3.8, 4) is 0 Å². The Morgan fingerprint density at radius 1 is 1.36 bits per heavy atom. The maximum Gasteiger partial charge on any atom is 0.228 e. The van der Waals surface area contributed by atoms with Crippen LogP contribution in [0.5, 0.6) is 0 Å². The van der Waals surface area contributed by atoms with Crippen molar-refractivity contribution in [3.05, 3.63) is 11.1 Å². The summed E-state index contributed by atoms with van der Waals surface area (Å²) in [6.07, 6.45) is 0.177. The zero-order valence-electron chi connectivity index (χ0n) is 13.9. The summed E-state index contributed by atoms with van der Waals surface area (Å²) < 4.78 is 0. The van der Waals surface area contributed by atoms with Gasteiger partial charge in [-0.15, -0.1) is 11.3 Å². The van der Waals surface area contributed by atoms with Gasteiger partial charge in [0.1, 0.15) is 0 Å². The van der Waals surface area contributed by atoms with Crippen LogP contribution < -0.4 is 16.4 Å². The molecule has 1 atom stereocenters. The summed E-state index contributed by atoms with van der Waals surface area (Å²) >= 11 is 1.32. The van der Waals surface area contributed by atoms with Crippen molar-refractivity contribution in [2.45, 2.75) is 46.6 Å². The van der Waals surface area contributed by atoms with E-state index in [1.807, 2.05) is 34.6 Å². The van der Waals surface area contributed by atoms with Gasteiger partial charge in [0, 0.05) is 17.8 Å². The van der Waals surface area contributed by atoms with E-state index in [0.717, 1.165) is 0 Å². The van der Waals surface area contributed by atoms with Crippen LogP contribution in [0.25, 0.3) is 0 Å². The van der Waals surface area contributed by atoms with Crippen LogP contribution in [-0.2, 0) is 16.0 Å². The van der Waals surface area contributed by atoms with Crippen molar-refractivity contribution in [3.63, 3.8) is 0 Å². The van der Waals surface area contributed by atoms with E-state index in [9.17, 15) is 9.59 Å². The van der Waals surface area contributed by atoms with E-state index >= 15 is 0 Å². The summed E-state index contributed by atoms with van der Waals surface area (Å²) in [7, 11) is 0. The Bertz CT molecular complexity index is 527. The Labute approximate surface area is 135 Å². The molecule has 0 saturated carbocycles. The van der Waals surface area contributed by atoms with E-state index < -0.39 is 5.54 Å². The average Bonchev–Trinajstić information content (AvgIpc) is 2.85. The molecule has 0 aliphatic carbocycles. The third-order valence-electron chi connectivity index (χ3n) is 3.77. The van der Waals surface area contributed by atoms with Gasteiger partial charge < -0.3 is 16.4 Å². The lowest BCUT2D eigenvalue weighted by Crippen LogP contribution is -2.55. The van der Waals surface area contributed by atoms with Crippen molar-refractivity contribution >= 4 is 28.3 Å². The van der Waals surface area contributed by atoms with Crippen molar-refractivity contribution in [2.75, 3.05) is 11.9 Å². The minimum atomic E-state index is -0.429. The third kappa shape index (κ3) is 5.06. The number of aromatic nitrogens is 1. The Kier molecular flexibility index (Phi) is 6.49. The zero-order valence-corrected chi connectivity index (χ0v) is 14.7. The molecule has 0 fully saturated rings. The molecule has 1 aromatic heterocycles. The Hall–Kier alpha value is -1.47. The molecule has 2 amide bonds. The van der Waals surface area contributed by atoms with Crippen LogP contribution in [0.3, 0.4) is 0 Å². The molecule has 0 saturated heterocycles. The van der Waals surface area contributed by atoms with E-state index in [0.29, 0.717) is 17.4 Å². The molecule has 0 aliphatic rings. The van der Waals surface area contributed by atoms with Crippen LogP contribution in [0.4, 0.5) is 5.13 Å². The number of hydrogen-bond acceptors (Lipinski definition) is 5. The van der Waals surface area contributed by atoms with Crippen molar-refractivity contribution < 1.29 is 9.59 Å². The number of carbonyl (C=O) groups is 2. The molecular formula is C15H26N4O2S. The van der Waals surface area contributed by atoms with Gasteiger partial charge in [-0.2, -0.15) is 0 Å². The lowest BCUT2D eigenvalue weighted by atomic mass is 9.88. The van der Waals surface area contributed by atoms with Crippen LogP contribution in [0, 0.1) is 11.8 Å². The van der Waals surface area contributed by atoms with Gasteiger partial charge >= 0.3 is 0 Å². The van der Waals surface area contributed by atoms with Crippen LogP contribution in [-0.4, -0.2) is 28.9 Å². The number of thiazole rings is 1. The van der Waals surface area contributed by atoms with Gasteiger partial charge in [0.25, 0.3) is 0 Å². The standard InChI is InChI=1S/C15H26N4O2S/c1-9(2)13(21)18-14-17-11(7-22-14)6-12(20)19-15(5,8-16)10(3)4/h7,9-10H,6,8,16H2,1-5H3,(H,19,20)(H,17,18,21). The van der Waals surface area contributed by atoms with Gasteiger partial charge in [-0.1, -0.05) is 27.7 Å². The SMILES string of the molecule is CC(C)C(=O)Nc1nc(CC(=O)NC(C)(CN)C(C)C)cs1. The highest BCUT2D eigenvalue weighted by molar-refractivity contribution is 7.13. The Morgan fingerprint density at radius 2 is 2.00 bits per heavy atom. The minimum Gasteiger partial charge on any atom is -0.349 e. The molecule has 0 aliphatic heterocycles. The highest BCUT2D eigenvalue weighted by Gasteiger charge is 2.28. The monoisotopic (exact) mass is 326 g/mol. The molecule has 6 nitrogen and oxygen atoms in total. The first-order valence-corrected chi connectivity index (χ1v) is 8.32. The number of hydrogen-bond donors (Lipinski definition) is 3. The molecule has 4 N–H and O–H groups in total. The summed E-state index contributed by atoms with van der Waals surface area (Å²) in [5.74, 6) is -0.0701. The fraction of sp³-hybridized carbons (Fsp3) is 0.667. The normalized spacial score (nSPS) is 14.0. The quantitative estimate of drug-likeness (QED) is 0.711. The van der Waals surface area contributed by atoms with Gasteiger partial charge in [0.05, 0.1) is 17.7 Å². The largest absolute Gasteiger partial charge is 0.349 e. The number of amides is 2. The molecule has 0 spiro atoms. The molecule has 7 heteroatoms. The molecule has 1 heterocycles. The third-order valence-corrected chi connectivity index (χ3v) is 4.58. The number of nitrogens with one attached hydrogen (secondary N) is 2. The molecule has 1 rings (SSSR count). The van der Waals surface area contributed by atoms with Gasteiger partial charge in [-0.25, -0.2) is 4.98 Å². The van der Waals surface area contributed by atoms with Crippen LogP contribution >= 0.6 is 11.3 Å². The fourth-order valence-electron chi connectivity index (χ4n) is 1.65. The fourth-order valence-corrected chi connectivity index (χ4v) is 2.37. The second-order valence-electron chi connectivity index (χ2n) is 6.29. The zero-order chi connectivity index (χ0) is 16.9. The first-order chi connectivity index (χ1) is 10.2. The predicted octanol–water partition coefficient (Wildman–Crippen LogP) is 1.77. The number of rotatable bonds is 7. The first kappa shape index (κ1) is 18.6. The molecule has 1 unspecified atom stereocenters. The van der Waals surface area contributed by atoms with Crippen LogP contribution in [0.1, 0.15) is 40.3 Å². The van der Waals surface area contributed by atoms with Crippen molar-refractivity contribution in [1.29, 1.82) is 0 Å². The molecule has 0 bridgehead atoms. The molecular weight excluding hydrogens is 300 g/mol. The number of carbonyl (C=O) groups excluding carboxylic acids is 2. The average molecular weight is 326 g/mol. The Morgan fingerprint density at radius 3 is 2.50 bits per heavy atom. The van der Waals surface area contributed by atoms with Crippen LogP contribution in [0.2, 0.25) is 0 Å². The number of nitrogens with two attached hydrogens (primary N) is 1. The first-order valence-electron chi connectivity index (χ1n) is 7.44. The van der Waals surface area contributed by atoms with Crippen LogP contribution in [0.15, 0.2) is 5.38 Å². The summed E-state index contributed by atoms with van der Waals surface area (Å²) in [4.78, 5) is 28.0. The lowest BCUT2D eigenvalue weighted by molar-refractivity contribution is -0.122. The molecule has 1 aromatic rings. The summed E-state index contributed by atoms with van der Waals surface area (Å²) in [5, 5.41) is 8.00. The maximum absolute atomic E-state index is 12.1. The number of anilines is 1. The maximum atomic E-state index is 12.1. The number of nitrogens with zero attached hydrogens (tertiary/aromatic N) is 1. The van der Waals surface area contributed by atoms with Gasteiger partial charge in [-0.3, -0.25) is 9.59 Å².